The second-order valence-corrected chi connectivity index (χ2v) is 1.28. The standard InChI is InChI=1S/C3H3F3O3.C2H6/c4-3(5,6)1(7)2(8)9;1-2/h1,7H,(H,8,9);1-2H3. The number of aliphatic hydroxyl groups is 1. The van der Waals surface area contributed by atoms with Gasteiger partial charge in [-0.1, -0.05) is 13.8 Å². The molecule has 0 aliphatic heterocycles. The number of carboxylic acid groups (broad SMARTS) is 1. The molecule has 0 bridgehead atoms. The zero-order chi connectivity index (χ0) is 9.65. The van der Waals surface area contributed by atoms with Crippen molar-refractivity contribution in [1.29, 1.82) is 0 Å². The lowest BCUT2D eigenvalue weighted by Gasteiger charge is -2.07. The number of carboxylic acids is 1. The molecule has 68 valence electrons. The van der Waals surface area contributed by atoms with Gasteiger partial charge in [-0.2, -0.15) is 13.2 Å². The number of hydrogen-bond acceptors (Lipinski definition) is 2. The molecule has 0 aromatic heterocycles. The third-order valence-electron chi connectivity index (χ3n) is 0.544. The first-order chi connectivity index (χ1) is 4.85. The van der Waals surface area contributed by atoms with Crippen LogP contribution < -0.4 is 0 Å². The van der Waals surface area contributed by atoms with E-state index < -0.39 is 18.2 Å². The molecule has 6 heteroatoms. The lowest BCUT2D eigenvalue weighted by atomic mass is 10.4. The SMILES string of the molecule is CC.O=C(O)C(O)C(F)(F)F. The number of carbonyl (C=O) groups is 1. The van der Waals surface area contributed by atoms with Crippen LogP contribution >= 0.6 is 0 Å². The number of aliphatic hydroxyl groups excluding tert-OH is 1. The highest BCUT2D eigenvalue weighted by molar-refractivity contribution is 5.72. The van der Waals surface area contributed by atoms with E-state index in [1.807, 2.05) is 13.8 Å². The van der Waals surface area contributed by atoms with Gasteiger partial charge in [-0.25, -0.2) is 4.79 Å². The van der Waals surface area contributed by atoms with Gasteiger partial charge in [0.15, 0.2) is 0 Å². The maximum atomic E-state index is 11.1. The second kappa shape index (κ2) is 4.95. The summed E-state index contributed by atoms with van der Waals surface area (Å²) in [7, 11) is 0. The monoisotopic (exact) mass is 174 g/mol. The van der Waals surface area contributed by atoms with Gasteiger partial charge >= 0.3 is 12.1 Å². The minimum atomic E-state index is -5.06. The minimum absolute atomic E-state index is 2.00. The highest BCUT2D eigenvalue weighted by atomic mass is 19.4. The first-order valence-corrected chi connectivity index (χ1v) is 2.83. The fourth-order valence-corrected chi connectivity index (χ4v) is 0.140. The van der Waals surface area contributed by atoms with E-state index in [0.29, 0.717) is 0 Å². The van der Waals surface area contributed by atoms with Crippen LogP contribution in [0.15, 0.2) is 0 Å². The van der Waals surface area contributed by atoms with Gasteiger partial charge in [0.1, 0.15) is 0 Å². The maximum absolute atomic E-state index is 11.1. The van der Waals surface area contributed by atoms with Crippen LogP contribution in [0.4, 0.5) is 13.2 Å². The van der Waals surface area contributed by atoms with Crippen LogP contribution in [0, 0.1) is 0 Å². The van der Waals surface area contributed by atoms with Crippen LogP contribution in [0.25, 0.3) is 0 Å². The summed E-state index contributed by atoms with van der Waals surface area (Å²) in [6, 6.07) is 0. The van der Waals surface area contributed by atoms with Gasteiger partial charge in [-0.15, -0.1) is 0 Å². The van der Waals surface area contributed by atoms with Crippen molar-refractivity contribution in [2.75, 3.05) is 0 Å². The lowest BCUT2D eigenvalue weighted by Crippen LogP contribution is -2.35. The molecule has 0 aliphatic rings. The molecule has 0 radical (unpaired) electrons. The molecule has 0 rings (SSSR count). The molecule has 0 spiro atoms. The van der Waals surface area contributed by atoms with E-state index in [-0.39, 0.29) is 0 Å². The van der Waals surface area contributed by atoms with Crippen LogP contribution in [0.1, 0.15) is 13.8 Å². The van der Waals surface area contributed by atoms with Crippen LogP contribution in [-0.2, 0) is 4.79 Å². The van der Waals surface area contributed by atoms with Crippen molar-refractivity contribution in [2.45, 2.75) is 26.1 Å². The minimum Gasteiger partial charge on any atom is -0.479 e. The summed E-state index contributed by atoms with van der Waals surface area (Å²) < 4.78 is 33.2. The van der Waals surface area contributed by atoms with Crippen molar-refractivity contribution in [3.8, 4) is 0 Å². The van der Waals surface area contributed by atoms with Crippen LogP contribution in [0.5, 0.6) is 0 Å². The molecule has 1 atom stereocenters. The van der Waals surface area contributed by atoms with Gasteiger partial charge in [0.2, 0.25) is 6.10 Å². The molecule has 0 saturated heterocycles. The predicted molar refractivity (Wildman–Crippen MR) is 31.0 cm³/mol. The predicted octanol–water partition coefficient (Wildman–Crippen LogP) is 1.02. The highest BCUT2D eigenvalue weighted by Crippen LogP contribution is 2.19. The highest BCUT2D eigenvalue weighted by Gasteiger charge is 2.43. The zero-order valence-corrected chi connectivity index (χ0v) is 6.01. The molecule has 0 aromatic carbocycles. The van der Waals surface area contributed by atoms with E-state index in [1.54, 1.807) is 0 Å². The fourth-order valence-electron chi connectivity index (χ4n) is 0.140. The van der Waals surface area contributed by atoms with Gasteiger partial charge in [-0.05, 0) is 0 Å². The molecule has 0 saturated carbocycles. The summed E-state index contributed by atoms with van der Waals surface area (Å²) >= 11 is 0. The Morgan fingerprint density at radius 3 is 1.64 bits per heavy atom. The Balaban J connectivity index is 0. The van der Waals surface area contributed by atoms with Gasteiger partial charge in [-0.3, -0.25) is 0 Å². The molecule has 2 N–H and O–H groups in total. The molecule has 0 fully saturated rings. The fraction of sp³-hybridized carbons (Fsp3) is 0.800. The molecule has 1 unspecified atom stereocenters. The van der Waals surface area contributed by atoms with Gasteiger partial charge < -0.3 is 10.2 Å². The topological polar surface area (TPSA) is 57.5 Å². The third kappa shape index (κ3) is 5.65. The van der Waals surface area contributed by atoms with Gasteiger partial charge in [0, 0.05) is 0 Å². The Morgan fingerprint density at radius 2 is 1.64 bits per heavy atom. The molecular formula is C5H9F3O3. The Hall–Kier alpha value is -0.780. The van der Waals surface area contributed by atoms with Crippen molar-refractivity contribution >= 4 is 5.97 Å². The maximum Gasteiger partial charge on any atom is 0.425 e. The number of rotatable bonds is 1. The molecule has 0 amide bonds. The molecular weight excluding hydrogens is 165 g/mol. The molecule has 0 heterocycles. The number of aliphatic carboxylic acids is 1. The first-order valence-electron chi connectivity index (χ1n) is 2.83. The number of hydrogen-bond donors (Lipinski definition) is 2. The Kier molecular flexibility index (Phi) is 5.78. The lowest BCUT2D eigenvalue weighted by molar-refractivity contribution is -0.214. The quantitative estimate of drug-likeness (QED) is 0.623. The van der Waals surface area contributed by atoms with Gasteiger partial charge in [0.05, 0.1) is 0 Å². The van der Waals surface area contributed by atoms with E-state index >= 15 is 0 Å². The summed E-state index contributed by atoms with van der Waals surface area (Å²) in [5.41, 5.74) is 0. The Morgan fingerprint density at radius 1 is 1.36 bits per heavy atom. The van der Waals surface area contributed by atoms with E-state index in [1.165, 1.54) is 0 Å². The smallest absolute Gasteiger partial charge is 0.425 e. The van der Waals surface area contributed by atoms with Crippen molar-refractivity contribution in [3.63, 3.8) is 0 Å². The van der Waals surface area contributed by atoms with Crippen LogP contribution in [0.2, 0.25) is 0 Å². The molecule has 3 nitrogen and oxygen atoms in total. The van der Waals surface area contributed by atoms with E-state index in [0.717, 1.165) is 0 Å². The largest absolute Gasteiger partial charge is 0.479 e. The average molecular weight is 174 g/mol. The molecule has 0 aromatic rings. The second-order valence-electron chi connectivity index (χ2n) is 1.28. The number of halogens is 3. The summed E-state index contributed by atoms with van der Waals surface area (Å²) in [5.74, 6) is -2.29. The van der Waals surface area contributed by atoms with Crippen LogP contribution in [0.3, 0.4) is 0 Å². The molecule has 0 aliphatic carbocycles. The normalized spacial score (nSPS) is 12.9. The van der Waals surface area contributed by atoms with E-state index in [4.69, 9.17) is 10.2 Å². The third-order valence-corrected chi connectivity index (χ3v) is 0.544. The first kappa shape index (κ1) is 12.9. The molecule has 11 heavy (non-hydrogen) atoms. The zero-order valence-electron chi connectivity index (χ0n) is 6.01. The van der Waals surface area contributed by atoms with Crippen molar-refractivity contribution in [3.05, 3.63) is 0 Å². The van der Waals surface area contributed by atoms with Gasteiger partial charge in [0.25, 0.3) is 0 Å². The summed E-state index contributed by atoms with van der Waals surface area (Å²) in [5, 5.41) is 15.3. The van der Waals surface area contributed by atoms with Crippen molar-refractivity contribution < 1.29 is 28.2 Å². The average Bonchev–Trinajstić information content (AvgIpc) is 1.89. The summed E-state index contributed by atoms with van der Waals surface area (Å²) in [6.45, 7) is 4.00. The Bertz CT molecular complexity index is 121. The van der Waals surface area contributed by atoms with E-state index in [9.17, 15) is 18.0 Å². The van der Waals surface area contributed by atoms with Crippen molar-refractivity contribution in [1.82, 2.24) is 0 Å². The summed E-state index contributed by atoms with van der Waals surface area (Å²) in [6.07, 6.45) is -8.33. The van der Waals surface area contributed by atoms with E-state index in [2.05, 4.69) is 0 Å². The van der Waals surface area contributed by atoms with Crippen LogP contribution in [-0.4, -0.2) is 28.5 Å². The summed E-state index contributed by atoms with van der Waals surface area (Å²) in [4.78, 5) is 9.38. The Labute approximate surface area is 61.5 Å². The van der Waals surface area contributed by atoms with Crippen molar-refractivity contribution in [2.24, 2.45) is 0 Å². The number of alkyl halides is 3.